The fraction of sp³-hybridized carbons (Fsp3) is 0.556. The van der Waals surface area contributed by atoms with E-state index in [0.29, 0.717) is 52.9 Å². The van der Waals surface area contributed by atoms with Crippen molar-refractivity contribution in [1.82, 2.24) is 24.5 Å². The number of aryl methyl sites for hydroxylation is 1. The molecule has 0 spiro atoms. The summed E-state index contributed by atoms with van der Waals surface area (Å²) in [7, 11) is 0. The van der Waals surface area contributed by atoms with Gasteiger partial charge in [0.05, 0.1) is 17.6 Å². The van der Waals surface area contributed by atoms with Crippen LogP contribution in [0.2, 0.25) is 0 Å². The monoisotopic (exact) mass is 592 g/mol. The largest absolute Gasteiger partial charge is 0.528 e. The van der Waals surface area contributed by atoms with Crippen molar-refractivity contribution in [2.24, 2.45) is 17.1 Å². The molecule has 1 aliphatic heterocycles. The number of amides is 1. The molecule has 1 aliphatic carbocycles. The van der Waals surface area contributed by atoms with Crippen molar-refractivity contribution in [1.29, 1.82) is 0 Å². The molecule has 4 heterocycles. The molecule has 0 aromatic carbocycles. The number of alkyl halides is 3. The highest BCUT2D eigenvalue weighted by molar-refractivity contribution is 7.65. The van der Waals surface area contributed by atoms with E-state index >= 15 is 0 Å². The zero-order valence-electron chi connectivity index (χ0n) is 22.9. The number of pyridine rings is 1. The average Bonchev–Trinajstić information content (AvgIpc) is 3.22. The number of nitrogens with zero attached hydrogens (tertiary/aromatic N) is 6. The van der Waals surface area contributed by atoms with Gasteiger partial charge in [0.1, 0.15) is 5.82 Å². The quantitative estimate of drug-likeness (QED) is 0.307. The Morgan fingerprint density at radius 2 is 1.95 bits per heavy atom. The van der Waals surface area contributed by atoms with Crippen LogP contribution in [0.25, 0.3) is 5.82 Å². The van der Waals surface area contributed by atoms with Gasteiger partial charge in [0, 0.05) is 47.4 Å². The number of primary amides is 1. The van der Waals surface area contributed by atoms with Gasteiger partial charge in [0.15, 0.2) is 5.82 Å². The fourth-order valence-corrected chi connectivity index (χ4v) is 5.91. The molecule has 2 fully saturated rings. The third kappa shape index (κ3) is 6.21. The Balaban J connectivity index is 1.26. The maximum Gasteiger partial charge on any atom is 0.528 e. The Bertz CT molecular complexity index is 1420. The Kier molecular flexibility index (Phi) is 7.79. The molecule has 1 amide bonds. The van der Waals surface area contributed by atoms with Gasteiger partial charge in [-0.3, -0.25) is 9.48 Å². The van der Waals surface area contributed by atoms with Crippen molar-refractivity contribution in [2.45, 2.75) is 75.7 Å². The summed E-state index contributed by atoms with van der Waals surface area (Å²) in [5, 5.41) is 9.02. The number of rotatable bonds is 12. The van der Waals surface area contributed by atoms with E-state index in [2.05, 4.69) is 28.9 Å². The molecular weight excluding hydrogens is 559 g/mol. The van der Waals surface area contributed by atoms with Crippen molar-refractivity contribution in [3.63, 3.8) is 0 Å². The third-order valence-electron chi connectivity index (χ3n) is 8.13. The molecule has 10 nitrogen and oxygen atoms in total. The maximum absolute atomic E-state index is 13.2. The van der Waals surface area contributed by atoms with Crippen molar-refractivity contribution in [3.8, 4) is 11.7 Å². The van der Waals surface area contributed by atoms with Gasteiger partial charge in [-0.15, -0.1) is 10.2 Å². The first-order valence-electron chi connectivity index (χ1n) is 13.6. The van der Waals surface area contributed by atoms with Gasteiger partial charge >= 0.3 is 22.9 Å². The third-order valence-corrected chi connectivity index (χ3v) is 8.52. The number of aromatic nitrogens is 5. The van der Waals surface area contributed by atoms with Gasteiger partial charge in [-0.25, -0.2) is 9.67 Å². The minimum absolute atomic E-state index is 0.0850. The maximum atomic E-state index is 13.2. The number of nitrogens with two attached hydrogens (primary N) is 1. The standard InChI is InChI=1S/C27H32F3N7O3S/c1-25(2)16-18(4-3-12-35-13-8-22(34-35)41-39)17-36(25)24-19(23(31)38)5-6-20(32-24)37-14-7-21(33-37)40-15-11-26(9-10-26)27(28,29)30/h5-8,13-14,18H,3-4,9-12,15-17H2,1-2H3,(H-,31,38)/p+1/t18-/m1/s1. The smallest absolute Gasteiger partial charge is 0.477 e. The highest BCUT2D eigenvalue weighted by Gasteiger charge is 2.62. The van der Waals surface area contributed by atoms with Gasteiger partial charge in [-0.05, 0) is 70.4 Å². The second-order valence-electron chi connectivity index (χ2n) is 11.5. The Morgan fingerprint density at radius 3 is 2.61 bits per heavy atom. The molecule has 3 aromatic heterocycles. The molecule has 1 saturated carbocycles. The van der Waals surface area contributed by atoms with E-state index in [-0.39, 0.29) is 37.3 Å². The van der Waals surface area contributed by atoms with Crippen LogP contribution in [0, 0.1) is 11.3 Å². The summed E-state index contributed by atoms with van der Waals surface area (Å²) in [5.41, 5.74) is 4.09. The highest BCUT2D eigenvalue weighted by atomic mass is 32.1. The van der Waals surface area contributed by atoms with Crippen LogP contribution in [0.5, 0.6) is 5.88 Å². The molecule has 41 heavy (non-hydrogen) atoms. The second-order valence-corrected chi connectivity index (χ2v) is 12.1. The van der Waals surface area contributed by atoms with Crippen LogP contribution in [-0.2, 0) is 22.4 Å². The summed E-state index contributed by atoms with van der Waals surface area (Å²) >= 11 is 0.374. The lowest BCUT2D eigenvalue weighted by atomic mass is 9.93. The summed E-state index contributed by atoms with van der Waals surface area (Å²) in [5.74, 6) is 0.845. The number of anilines is 1. The molecule has 14 heteroatoms. The minimum atomic E-state index is -4.22. The molecule has 1 atom stereocenters. The van der Waals surface area contributed by atoms with Crippen LogP contribution in [0.3, 0.4) is 0 Å². The van der Waals surface area contributed by atoms with E-state index in [1.807, 2.05) is 0 Å². The van der Waals surface area contributed by atoms with Crippen LogP contribution < -0.4 is 15.4 Å². The predicted octanol–water partition coefficient (Wildman–Crippen LogP) is 4.55. The highest BCUT2D eigenvalue weighted by Crippen LogP contribution is 2.59. The van der Waals surface area contributed by atoms with Crippen molar-refractivity contribution in [2.75, 3.05) is 18.1 Å². The van der Waals surface area contributed by atoms with Gasteiger partial charge in [0.25, 0.3) is 5.91 Å². The first kappa shape index (κ1) is 29.0. The van der Waals surface area contributed by atoms with E-state index in [9.17, 15) is 22.2 Å². The van der Waals surface area contributed by atoms with Crippen LogP contribution in [0.4, 0.5) is 19.0 Å². The summed E-state index contributed by atoms with van der Waals surface area (Å²) in [6.45, 7) is 5.51. The molecule has 2 aliphatic rings. The summed E-state index contributed by atoms with van der Waals surface area (Å²) < 4.78 is 59.3. The molecule has 1 saturated heterocycles. The molecule has 3 aromatic rings. The lowest BCUT2D eigenvalue weighted by Gasteiger charge is -2.33. The van der Waals surface area contributed by atoms with Crippen LogP contribution in [0.15, 0.2) is 41.7 Å². The topological polar surface area (TPSA) is 121 Å². The number of ether oxygens (including phenoxy) is 1. The molecule has 0 bridgehead atoms. The van der Waals surface area contributed by atoms with Gasteiger partial charge in [-0.1, -0.05) is 0 Å². The lowest BCUT2D eigenvalue weighted by molar-refractivity contribution is -0.190. The number of halogens is 3. The number of carbonyl (C=O) groups is 1. The predicted molar refractivity (Wildman–Crippen MR) is 145 cm³/mol. The Hall–Kier alpha value is -3.55. The van der Waals surface area contributed by atoms with E-state index < -0.39 is 17.5 Å². The first-order valence-corrected chi connectivity index (χ1v) is 14.3. The SMILES string of the molecule is CC1(C)C[C@@H](CCCn2ccc([S+]=O)n2)CN1c1nc(-n2ccc(OCCC3(C(F)(F)F)CC3)n2)ccc1C(N)=O. The summed E-state index contributed by atoms with van der Waals surface area (Å²) in [6, 6.07) is 6.52. The van der Waals surface area contributed by atoms with Crippen molar-refractivity contribution < 1.29 is 26.9 Å². The van der Waals surface area contributed by atoms with Gasteiger partial charge in [0.2, 0.25) is 5.88 Å². The molecule has 2 N–H and O–H groups in total. The van der Waals surface area contributed by atoms with Crippen LogP contribution >= 0.6 is 0 Å². The van der Waals surface area contributed by atoms with E-state index in [4.69, 9.17) is 15.5 Å². The Labute approximate surface area is 239 Å². The fourth-order valence-electron chi connectivity index (χ4n) is 5.66. The summed E-state index contributed by atoms with van der Waals surface area (Å²) in [6.07, 6.45) is 2.06. The zero-order chi connectivity index (χ0) is 29.4. The van der Waals surface area contributed by atoms with Crippen LogP contribution in [0.1, 0.15) is 62.7 Å². The number of hydrogen-bond acceptors (Lipinski definition) is 7. The zero-order valence-corrected chi connectivity index (χ0v) is 23.7. The first-order chi connectivity index (χ1) is 19.4. The second kappa shape index (κ2) is 11.0. The average molecular weight is 593 g/mol. The van der Waals surface area contributed by atoms with Crippen LogP contribution in [-0.4, -0.2) is 55.3 Å². The normalized spacial score (nSPS) is 19.3. The molecule has 0 radical (unpaired) electrons. The molecular formula is C27H33F3N7O3S+. The summed E-state index contributed by atoms with van der Waals surface area (Å²) in [4.78, 5) is 19.2. The number of hydrogen-bond donors (Lipinski definition) is 1. The Morgan fingerprint density at radius 1 is 1.17 bits per heavy atom. The molecule has 0 unspecified atom stereocenters. The number of carbonyl (C=O) groups excluding carboxylic acids is 1. The molecule has 220 valence electrons. The van der Waals surface area contributed by atoms with Crippen molar-refractivity contribution in [3.05, 3.63) is 42.2 Å². The van der Waals surface area contributed by atoms with Gasteiger partial charge in [-0.2, -0.15) is 13.2 Å². The lowest BCUT2D eigenvalue weighted by Crippen LogP contribution is -2.40. The van der Waals surface area contributed by atoms with Gasteiger partial charge < -0.3 is 15.4 Å². The van der Waals surface area contributed by atoms with E-state index in [1.165, 1.54) is 4.68 Å². The van der Waals surface area contributed by atoms with E-state index in [1.54, 1.807) is 41.3 Å². The van der Waals surface area contributed by atoms with Crippen molar-refractivity contribution >= 4 is 23.4 Å². The van der Waals surface area contributed by atoms with E-state index in [0.717, 1.165) is 19.3 Å². The molecule has 5 rings (SSSR count). The minimum Gasteiger partial charge on any atom is -0.477 e.